The topological polar surface area (TPSA) is 54.0 Å². The van der Waals surface area contributed by atoms with E-state index in [1.54, 1.807) is 0 Å². The van der Waals surface area contributed by atoms with E-state index in [1.807, 2.05) is 13.8 Å². The van der Waals surface area contributed by atoms with Crippen LogP contribution in [0.2, 0.25) is 5.02 Å². The standard InChI is InChI=1S/C17H17ClF3N3O/c1-10(2)7-23-16(25)11-5-13(9-22-8-11)24-12-3-4-15(18)14(6-12)17(19,20)21/h3-6,8-10,24H,7H2,1-2H3,(H,23,25). The third-order valence-corrected chi connectivity index (χ3v) is 3.56. The Labute approximate surface area is 148 Å². The molecule has 25 heavy (non-hydrogen) atoms. The molecule has 2 rings (SSSR count). The Kier molecular flexibility index (Phi) is 5.89. The summed E-state index contributed by atoms with van der Waals surface area (Å²) in [5.41, 5.74) is -0.0282. The molecule has 0 fully saturated rings. The lowest BCUT2D eigenvalue weighted by Crippen LogP contribution is -2.27. The van der Waals surface area contributed by atoms with Crippen molar-refractivity contribution in [3.8, 4) is 0 Å². The number of halogens is 4. The fourth-order valence-electron chi connectivity index (χ4n) is 2.02. The molecular weight excluding hydrogens is 355 g/mol. The second-order valence-corrected chi connectivity index (χ2v) is 6.29. The van der Waals surface area contributed by atoms with Crippen LogP contribution in [0.15, 0.2) is 36.7 Å². The van der Waals surface area contributed by atoms with Gasteiger partial charge < -0.3 is 10.6 Å². The van der Waals surface area contributed by atoms with E-state index >= 15 is 0 Å². The van der Waals surface area contributed by atoms with Gasteiger partial charge in [0.05, 0.1) is 28.0 Å². The Hall–Kier alpha value is -2.28. The predicted octanol–water partition coefficient (Wildman–Crippen LogP) is 4.88. The quantitative estimate of drug-likeness (QED) is 0.787. The van der Waals surface area contributed by atoms with Crippen molar-refractivity contribution in [1.29, 1.82) is 0 Å². The fourth-order valence-corrected chi connectivity index (χ4v) is 2.24. The third-order valence-electron chi connectivity index (χ3n) is 3.23. The van der Waals surface area contributed by atoms with Gasteiger partial charge in [-0.15, -0.1) is 0 Å². The van der Waals surface area contributed by atoms with Gasteiger partial charge in [0.2, 0.25) is 0 Å². The van der Waals surface area contributed by atoms with E-state index in [0.717, 1.165) is 6.07 Å². The number of anilines is 2. The van der Waals surface area contributed by atoms with E-state index in [-0.39, 0.29) is 16.6 Å². The Morgan fingerprint density at radius 2 is 1.92 bits per heavy atom. The average Bonchev–Trinajstić information content (AvgIpc) is 2.53. The third kappa shape index (κ3) is 5.35. The first kappa shape index (κ1) is 19.1. The van der Waals surface area contributed by atoms with Crippen LogP contribution in [0.5, 0.6) is 0 Å². The van der Waals surface area contributed by atoms with Crippen molar-refractivity contribution >= 4 is 28.9 Å². The number of amides is 1. The molecule has 1 heterocycles. The summed E-state index contributed by atoms with van der Waals surface area (Å²) in [6.07, 6.45) is -1.74. The zero-order valence-electron chi connectivity index (χ0n) is 13.6. The summed E-state index contributed by atoms with van der Waals surface area (Å²) in [7, 11) is 0. The first-order valence-corrected chi connectivity index (χ1v) is 7.91. The Bertz CT molecular complexity index is 763. The lowest BCUT2D eigenvalue weighted by atomic mass is 10.1. The van der Waals surface area contributed by atoms with Gasteiger partial charge in [-0.25, -0.2) is 0 Å². The van der Waals surface area contributed by atoms with Gasteiger partial charge in [-0.2, -0.15) is 13.2 Å². The number of benzene rings is 1. The SMILES string of the molecule is CC(C)CNC(=O)c1cncc(Nc2ccc(Cl)c(C(F)(F)F)c2)c1. The molecule has 0 saturated carbocycles. The Morgan fingerprint density at radius 1 is 1.20 bits per heavy atom. The molecule has 8 heteroatoms. The number of rotatable bonds is 5. The number of nitrogens with one attached hydrogen (secondary N) is 2. The highest BCUT2D eigenvalue weighted by Crippen LogP contribution is 2.36. The van der Waals surface area contributed by atoms with E-state index < -0.39 is 11.7 Å². The molecule has 1 aromatic carbocycles. The van der Waals surface area contributed by atoms with Gasteiger partial charge in [-0.3, -0.25) is 9.78 Å². The molecule has 0 bridgehead atoms. The molecule has 0 spiro atoms. The minimum atomic E-state index is -4.55. The minimum Gasteiger partial charge on any atom is -0.354 e. The average molecular weight is 372 g/mol. The van der Waals surface area contributed by atoms with Gasteiger partial charge in [-0.05, 0) is 30.2 Å². The second-order valence-electron chi connectivity index (χ2n) is 5.88. The molecule has 0 saturated heterocycles. The Balaban J connectivity index is 2.19. The van der Waals surface area contributed by atoms with E-state index in [1.165, 1.54) is 30.6 Å². The van der Waals surface area contributed by atoms with Crippen LogP contribution in [0.4, 0.5) is 24.5 Å². The van der Waals surface area contributed by atoms with Crippen molar-refractivity contribution < 1.29 is 18.0 Å². The first-order valence-electron chi connectivity index (χ1n) is 7.54. The maximum absolute atomic E-state index is 12.9. The van der Waals surface area contributed by atoms with Crippen molar-refractivity contribution in [3.63, 3.8) is 0 Å². The van der Waals surface area contributed by atoms with Crippen molar-refractivity contribution in [2.24, 2.45) is 5.92 Å². The molecule has 0 aliphatic rings. The maximum atomic E-state index is 12.9. The molecular formula is C17H17ClF3N3O. The summed E-state index contributed by atoms with van der Waals surface area (Å²) in [6, 6.07) is 5.01. The van der Waals surface area contributed by atoms with Crippen LogP contribution in [0.3, 0.4) is 0 Å². The molecule has 0 aliphatic heterocycles. The summed E-state index contributed by atoms with van der Waals surface area (Å²) in [4.78, 5) is 16.0. The summed E-state index contributed by atoms with van der Waals surface area (Å²) in [5.74, 6) is 0.00464. The van der Waals surface area contributed by atoms with Gasteiger partial charge in [0, 0.05) is 18.4 Å². The lowest BCUT2D eigenvalue weighted by Gasteiger charge is -2.13. The molecule has 1 aromatic heterocycles. The number of alkyl halides is 3. The highest BCUT2D eigenvalue weighted by molar-refractivity contribution is 6.31. The van der Waals surface area contributed by atoms with Crippen LogP contribution >= 0.6 is 11.6 Å². The maximum Gasteiger partial charge on any atom is 0.417 e. The second kappa shape index (κ2) is 7.74. The highest BCUT2D eigenvalue weighted by atomic mass is 35.5. The fraction of sp³-hybridized carbons (Fsp3) is 0.294. The van der Waals surface area contributed by atoms with Crippen molar-refractivity contribution in [2.75, 3.05) is 11.9 Å². The number of hydrogen-bond acceptors (Lipinski definition) is 3. The number of nitrogens with zero attached hydrogens (tertiary/aromatic N) is 1. The van der Waals surface area contributed by atoms with E-state index in [0.29, 0.717) is 23.7 Å². The van der Waals surface area contributed by atoms with Gasteiger partial charge in [0.1, 0.15) is 0 Å². The van der Waals surface area contributed by atoms with Gasteiger partial charge >= 0.3 is 6.18 Å². The molecule has 134 valence electrons. The van der Waals surface area contributed by atoms with Gasteiger partial charge in [0.25, 0.3) is 5.91 Å². The zero-order chi connectivity index (χ0) is 18.6. The minimum absolute atomic E-state index is 0.193. The van der Waals surface area contributed by atoms with E-state index in [4.69, 9.17) is 11.6 Å². The highest BCUT2D eigenvalue weighted by Gasteiger charge is 2.33. The largest absolute Gasteiger partial charge is 0.417 e. The van der Waals surface area contributed by atoms with Crippen LogP contribution in [-0.2, 0) is 6.18 Å². The zero-order valence-corrected chi connectivity index (χ0v) is 14.4. The predicted molar refractivity (Wildman–Crippen MR) is 91.1 cm³/mol. The summed E-state index contributed by atoms with van der Waals surface area (Å²) < 4.78 is 38.7. The molecule has 1 amide bonds. The van der Waals surface area contributed by atoms with Crippen molar-refractivity contribution in [1.82, 2.24) is 10.3 Å². The molecule has 0 unspecified atom stereocenters. The molecule has 0 radical (unpaired) electrons. The van der Waals surface area contributed by atoms with Crippen LogP contribution in [0, 0.1) is 5.92 Å². The molecule has 0 atom stereocenters. The smallest absolute Gasteiger partial charge is 0.354 e. The summed E-state index contributed by atoms with van der Waals surface area (Å²) in [5, 5.41) is 5.18. The number of aromatic nitrogens is 1. The number of pyridine rings is 1. The van der Waals surface area contributed by atoms with E-state index in [2.05, 4.69) is 15.6 Å². The Morgan fingerprint density at radius 3 is 2.56 bits per heavy atom. The normalized spacial score (nSPS) is 11.5. The molecule has 2 N–H and O–H groups in total. The van der Waals surface area contributed by atoms with Crippen molar-refractivity contribution in [3.05, 3.63) is 52.8 Å². The number of hydrogen-bond donors (Lipinski definition) is 2. The number of carbonyl (C=O) groups is 1. The van der Waals surface area contributed by atoms with Crippen LogP contribution < -0.4 is 10.6 Å². The number of carbonyl (C=O) groups excluding carboxylic acids is 1. The monoisotopic (exact) mass is 371 g/mol. The molecule has 2 aromatic rings. The van der Waals surface area contributed by atoms with Crippen LogP contribution in [0.1, 0.15) is 29.8 Å². The summed E-state index contributed by atoms with van der Waals surface area (Å²) >= 11 is 5.60. The van der Waals surface area contributed by atoms with Crippen LogP contribution in [0.25, 0.3) is 0 Å². The van der Waals surface area contributed by atoms with E-state index in [9.17, 15) is 18.0 Å². The molecule has 0 aliphatic carbocycles. The summed E-state index contributed by atoms with van der Waals surface area (Å²) in [6.45, 7) is 4.45. The van der Waals surface area contributed by atoms with Gasteiger partial charge in [0.15, 0.2) is 0 Å². The molecule has 4 nitrogen and oxygen atoms in total. The van der Waals surface area contributed by atoms with Crippen molar-refractivity contribution in [2.45, 2.75) is 20.0 Å². The van der Waals surface area contributed by atoms with Crippen LogP contribution in [-0.4, -0.2) is 17.4 Å². The lowest BCUT2D eigenvalue weighted by molar-refractivity contribution is -0.137. The van der Waals surface area contributed by atoms with Gasteiger partial charge in [-0.1, -0.05) is 25.4 Å². The first-order chi connectivity index (χ1) is 11.7.